The molecule has 6 nitrogen and oxygen atoms in total. The molecule has 0 aliphatic carbocycles. The van der Waals surface area contributed by atoms with Crippen molar-refractivity contribution < 1.29 is 9.53 Å². The van der Waals surface area contributed by atoms with E-state index in [9.17, 15) is 4.79 Å². The lowest BCUT2D eigenvalue weighted by Gasteiger charge is -2.18. The third kappa shape index (κ3) is 4.06. The van der Waals surface area contributed by atoms with Crippen LogP contribution in [0.1, 0.15) is 35.6 Å². The summed E-state index contributed by atoms with van der Waals surface area (Å²) in [7, 11) is 0. The predicted octanol–water partition coefficient (Wildman–Crippen LogP) is 4.52. The van der Waals surface area contributed by atoms with Gasteiger partial charge in [0.1, 0.15) is 11.4 Å². The number of hydrogen-bond acceptors (Lipinski definition) is 5. The predicted molar refractivity (Wildman–Crippen MR) is 114 cm³/mol. The summed E-state index contributed by atoms with van der Waals surface area (Å²) in [5.41, 5.74) is 4.06. The van der Waals surface area contributed by atoms with Gasteiger partial charge in [-0.25, -0.2) is 9.97 Å². The summed E-state index contributed by atoms with van der Waals surface area (Å²) in [6.45, 7) is 6.58. The molecule has 0 unspecified atom stereocenters. The van der Waals surface area contributed by atoms with E-state index in [-0.39, 0.29) is 12.0 Å². The Morgan fingerprint density at radius 2 is 1.86 bits per heavy atom. The largest absolute Gasteiger partial charge is 0.489 e. The highest BCUT2D eigenvalue weighted by molar-refractivity contribution is 6.04. The number of nitrogens with one attached hydrogen (secondary N) is 1. The number of rotatable bonds is 5. The van der Waals surface area contributed by atoms with Gasteiger partial charge in [0.05, 0.1) is 11.8 Å². The van der Waals surface area contributed by atoms with Crippen molar-refractivity contribution in [3.63, 3.8) is 0 Å². The van der Waals surface area contributed by atoms with Gasteiger partial charge in [0.15, 0.2) is 0 Å². The van der Waals surface area contributed by atoms with Crippen LogP contribution in [0.4, 0.5) is 17.3 Å². The van der Waals surface area contributed by atoms with Crippen LogP contribution in [0.3, 0.4) is 0 Å². The van der Waals surface area contributed by atoms with E-state index in [0.29, 0.717) is 23.1 Å². The van der Waals surface area contributed by atoms with Gasteiger partial charge in [0.25, 0.3) is 5.91 Å². The number of carbonyl (C=O) groups excluding carboxylic acids is 1. The molecule has 0 spiro atoms. The quantitative estimate of drug-likeness (QED) is 0.696. The molecule has 1 aliphatic heterocycles. The maximum absolute atomic E-state index is 12.9. The number of hydrogen-bond donors (Lipinski definition) is 1. The Hall–Kier alpha value is -3.41. The molecule has 4 rings (SSSR count). The van der Waals surface area contributed by atoms with E-state index in [2.05, 4.69) is 32.3 Å². The fourth-order valence-corrected chi connectivity index (χ4v) is 3.45. The standard InChI is InChI=1S/C23H24N4O2/c1-15(2)29-21-11-7-5-9-18(21)25-22(28)19-14-16(3)24-23(26-19)27-13-12-17-8-4-6-10-20(17)27/h4-11,14-15H,12-13H2,1-3H3,(H,25,28). The third-order valence-electron chi connectivity index (χ3n) is 4.70. The van der Waals surface area contributed by atoms with Gasteiger partial charge in [0.2, 0.25) is 5.95 Å². The number of para-hydroxylation sites is 3. The SMILES string of the molecule is Cc1cc(C(=O)Nc2ccccc2OC(C)C)nc(N2CCc3ccccc32)n1. The lowest BCUT2D eigenvalue weighted by Crippen LogP contribution is -2.21. The Kier molecular flexibility index (Phi) is 5.16. The minimum atomic E-state index is -0.288. The molecule has 1 N–H and O–H groups in total. The van der Waals surface area contributed by atoms with Crippen LogP contribution in [-0.2, 0) is 6.42 Å². The van der Waals surface area contributed by atoms with Crippen molar-refractivity contribution in [2.75, 3.05) is 16.8 Å². The summed E-state index contributed by atoms with van der Waals surface area (Å²) in [4.78, 5) is 24.1. The fourth-order valence-electron chi connectivity index (χ4n) is 3.45. The smallest absolute Gasteiger partial charge is 0.274 e. The number of nitrogens with zero attached hydrogens (tertiary/aromatic N) is 3. The molecule has 0 atom stereocenters. The zero-order valence-corrected chi connectivity index (χ0v) is 16.8. The lowest BCUT2D eigenvalue weighted by atomic mass is 10.2. The van der Waals surface area contributed by atoms with Crippen LogP contribution in [0.25, 0.3) is 0 Å². The van der Waals surface area contributed by atoms with E-state index in [1.165, 1.54) is 5.56 Å². The number of benzene rings is 2. The number of aryl methyl sites for hydroxylation is 1. The van der Waals surface area contributed by atoms with Gasteiger partial charge in [0, 0.05) is 17.9 Å². The molecule has 1 amide bonds. The fraction of sp³-hybridized carbons (Fsp3) is 0.261. The highest BCUT2D eigenvalue weighted by Crippen LogP contribution is 2.32. The molecule has 0 saturated heterocycles. The van der Waals surface area contributed by atoms with Crippen LogP contribution < -0.4 is 15.0 Å². The molecule has 0 bridgehead atoms. The molecule has 148 valence electrons. The number of carbonyl (C=O) groups is 1. The minimum Gasteiger partial charge on any atom is -0.489 e. The first-order valence-corrected chi connectivity index (χ1v) is 9.79. The van der Waals surface area contributed by atoms with Crippen molar-refractivity contribution in [3.05, 3.63) is 71.5 Å². The Morgan fingerprint density at radius 3 is 2.69 bits per heavy atom. The van der Waals surface area contributed by atoms with Gasteiger partial charge in [-0.2, -0.15) is 0 Å². The number of amides is 1. The van der Waals surface area contributed by atoms with Crippen LogP contribution in [0, 0.1) is 6.92 Å². The van der Waals surface area contributed by atoms with Crippen molar-refractivity contribution in [3.8, 4) is 5.75 Å². The Labute approximate surface area is 170 Å². The van der Waals surface area contributed by atoms with E-state index < -0.39 is 0 Å². The van der Waals surface area contributed by atoms with Crippen molar-refractivity contribution in [2.24, 2.45) is 0 Å². The van der Waals surface area contributed by atoms with E-state index in [1.807, 2.05) is 57.2 Å². The second kappa shape index (κ2) is 7.91. The lowest BCUT2D eigenvalue weighted by molar-refractivity contribution is 0.102. The zero-order valence-electron chi connectivity index (χ0n) is 16.8. The highest BCUT2D eigenvalue weighted by Gasteiger charge is 2.23. The maximum atomic E-state index is 12.9. The summed E-state index contributed by atoms with van der Waals surface area (Å²) in [6.07, 6.45) is 0.950. The van der Waals surface area contributed by atoms with Gasteiger partial charge in [-0.3, -0.25) is 4.79 Å². The Bertz CT molecular complexity index is 1050. The van der Waals surface area contributed by atoms with Gasteiger partial charge in [-0.1, -0.05) is 30.3 Å². The van der Waals surface area contributed by atoms with E-state index >= 15 is 0 Å². The van der Waals surface area contributed by atoms with Crippen LogP contribution in [0.2, 0.25) is 0 Å². The van der Waals surface area contributed by atoms with Crippen molar-refractivity contribution >= 4 is 23.2 Å². The molecule has 3 aromatic rings. The number of aromatic nitrogens is 2. The number of anilines is 3. The normalized spacial score (nSPS) is 12.8. The van der Waals surface area contributed by atoms with E-state index in [0.717, 1.165) is 24.3 Å². The first-order chi connectivity index (χ1) is 14.0. The van der Waals surface area contributed by atoms with Gasteiger partial charge in [-0.05, 0) is 57.0 Å². The van der Waals surface area contributed by atoms with Crippen molar-refractivity contribution in [1.29, 1.82) is 0 Å². The summed E-state index contributed by atoms with van der Waals surface area (Å²) >= 11 is 0. The van der Waals surface area contributed by atoms with Crippen LogP contribution >= 0.6 is 0 Å². The van der Waals surface area contributed by atoms with E-state index in [1.54, 1.807) is 6.07 Å². The summed E-state index contributed by atoms with van der Waals surface area (Å²) < 4.78 is 5.79. The molecule has 1 aliphatic rings. The molecular formula is C23H24N4O2. The second-order valence-electron chi connectivity index (χ2n) is 7.34. The van der Waals surface area contributed by atoms with Gasteiger partial charge < -0.3 is 15.0 Å². The van der Waals surface area contributed by atoms with E-state index in [4.69, 9.17) is 4.74 Å². The first-order valence-electron chi connectivity index (χ1n) is 9.79. The zero-order chi connectivity index (χ0) is 20.4. The second-order valence-corrected chi connectivity index (χ2v) is 7.34. The van der Waals surface area contributed by atoms with Crippen molar-refractivity contribution in [2.45, 2.75) is 33.3 Å². The molecule has 0 fully saturated rings. The first kappa shape index (κ1) is 18.9. The molecule has 29 heavy (non-hydrogen) atoms. The summed E-state index contributed by atoms with van der Waals surface area (Å²) in [5, 5.41) is 2.92. The van der Waals surface area contributed by atoms with Gasteiger partial charge >= 0.3 is 0 Å². The molecule has 2 heterocycles. The molecule has 2 aromatic carbocycles. The molecule has 1 aromatic heterocycles. The average molecular weight is 388 g/mol. The number of ether oxygens (including phenoxy) is 1. The highest BCUT2D eigenvalue weighted by atomic mass is 16.5. The molecular weight excluding hydrogens is 364 g/mol. The average Bonchev–Trinajstić information content (AvgIpc) is 3.13. The summed E-state index contributed by atoms with van der Waals surface area (Å²) in [5.74, 6) is 0.895. The van der Waals surface area contributed by atoms with Crippen LogP contribution in [0.15, 0.2) is 54.6 Å². The minimum absolute atomic E-state index is 0.0104. The Morgan fingerprint density at radius 1 is 1.10 bits per heavy atom. The molecule has 0 saturated carbocycles. The topological polar surface area (TPSA) is 67.3 Å². The molecule has 0 radical (unpaired) electrons. The van der Waals surface area contributed by atoms with Crippen molar-refractivity contribution in [1.82, 2.24) is 9.97 Å². The van der Waals surface area contributed by atoms with Gasteiger partial charge in [-0.15, -0.1) is 0 Å². The monoisotopic (exact) mass is 388 g/mol. The molecule has 6 heteroatoms. The maximum Gasteiger partial charge on any atom is 0.274 e. The number of fused-ring (bicyclic) bond motifs is 1. The summed E-state index contributed by atoms with van der Waals surface area (Å²) in [6, 6.07) is 17.3. The third-order valence-corrected chi connectivity index (χ3v) is 4.70. The Balaban J connectivity index is 1.61. The van der Waals surface area contributed by atoms with Crippen LogP contribution in [-0.4, -0.2) is 28.5 Å². The van der Waals surface area contributed by atoms with Crippen LogP contribution in [0.5, 0.6) is 5.75 Å².